The Hall–Kier alpha value is 0.0500. The molecule has 0 saturated carbocycles. The van der Waals surface area contributed by atoms with E-state index < -0.39 is 18.0 Å². The molecule has 19 heavy (non-hydrogen) atoms. The summed E-state index contributed by atoms with van der Waals surface area (Å²) in [4.78, 5) is 10.8. The Balaban J connectivity index is 2.76. The van der Waals surface area contributed by atoms with E-state index in [2.05, 4.69) is 31.9 Å². The molecule has 0 bridgehead atoms. The highest BCUT2D eigenvalue weighted by atomic mass is 79.9. The van der Waals surface area contributed by atoms with Crippen molar-refractivity contribution in [2.45, 2.75) is 25.6 Å². The first-order valence-corrected chi connectivity index (χ1v) is 8.04. The van der Waals surface area contributed by atoms with Crippen molar-refractivity contribution in [3.05, 3.63) is 32.5 Å². The number of rotatable bonds is 5. The molecule has 106 valence electrons. The molecule has 1 aromatic rings. The minimum Gasteiger partial charge on any atom is -0.390 e. The maximum atomic E-state index is 13.8. The average Bonchev–Trinajstić information content (AvgIpc) is 2.26. The smallest absolute Gasteiger partial charge is 0.185 e. The van der Waals surface area contributed by atoms with Gasteiger partial charge < -0.3 is 10.2 Å². The SMILES string of the molecule is CC(=O)SCCC(O)C(O)c1c(F)cc(Br)cc1Br. The number of carbonyl (C=O) groups is 1. The summed E-state index contributed by atoms with van der Waals surface area (Å²) in [6.07, 6.45) is -2.26. The lowest BCUT2D eigenvalue weighted by Gasteiger charge is -2.19. The standard InChI is InChI=1S/C12H13Br2FO3S/c1-6(16)19-3-2-10(17)12(18)11-8(14)4-7(13)5-9(11)15/h4-5,10,12,17-18H,2-3H2,1H3. The monoisotopic (exact) mass is 414 g/mol. The van der Waals surface area contributed by atoms with Gasteiger partial charge in [-0.25, -0.2) is 4.39 Å². The molecule has 0 heterocycles. The van der Waals surface area contributed by atoms with Crippen molar-refractivity contribution in [2.75, 3.05) is 5.75 Å². The minimum atomic E-state index is -1.34. The van der Waals surface area contributed by atoms with Crippen LogP contribution in [0.2, 0.25) is 0 Å². The van der Waals surface area contributed by atoms with Crippen LogP contribution in [0.4, 0.5) is 4.39 Å². The molecule has 1 aromatic carbocycles. The van der Waals surface area contributed by atoms with Gasteiger partial charge in [0, 0.05) is 27.2 Å². The van der Waals surface area contributed by atoms with Crippen LogP contribution < -0.4 is 0 Å². The van der Waals surface area contributed by atoms with Gasteiger partial charge in [-0.15, -0.1) is 0 Å². The van der Waals surface area contributed by atoms with Crippen LogP contribution >= 0.6 is 43.6 Å². The van der Waals surface area contributed by atoms with E-state index in [1.165, 1.54) is 13.0 Å². The molecule has 2 unspecified atom stereocenters. The predicted molar refractivity (Wildman–Crippen MR) is 80.5 cm³/mol. The Morgan fingerprint density at radius 3 is 2.58 bits per heavy atom. The van der Waals surface area contributed by atoms with Crippen molar-refractivity contribution in [2.24, 2.45) is 0 Å². The number of halogens is 3. The molecule has 0 aliphatic heterocycles. The van der Waals surface area contributed by atoms with Crippen LogP contribution in [-0.4, -0.2) is 27.2 Å². The highest BCUT2D eigenvalue weighted by molar-refractivity contribution is 9.11. The van der Waals surface area contributed by atoms with Crippen LogP contribution in [0.5, 0.6) is 0 Å². The van der Waals surface area contributed by atoms with Crippen LogP contribution in [0.15, 0.2) is 21.1 Å². The Morgan fingerprint density at radius 1 is 1.42 bits per heavy atom. The first-order valence-electron chi connectivity index (χ1n) is 5.47. The van der Waals surface area contributed by atoms with Gasteiger partial charge in [0.05, 0.1) is 6.10 Å². The third-order valence-electron chi connectivity index (χ3n) is 2.42. The third-order valence-corrected chi connectivity index (χ3v) is 4.38. The number of hydrogen-bond acceptors (Lipinski definition) is 4. The van der Waals surface area contributed by atoms with Gasteiger partial charge in [-0.05, 0) is 18.6 Å². The van der Waals surface area contributed by atoms with Crippen molar-refractivity contribution in [1.29, 1.82) is 0 Å². The van der Waals surface area contributed by atoms with Crippen LogP contribution in [-0.2, 0) is 4.79 Å². The minimum absolute atomic E-state index is 0.0172. The number of carbonyl (C=O) groups excluding carboxylic acids is 1. The molecule has 0 spiro atoms. The zero-order chi connectivity index (χ0) is 14.6. The van der Waals surface area contributed by atoms with E-state index in [0.29, 0.717) is 14.7 Å². The third kappa shape index (κ3) is 5.15. The summed E-state index contributed by atoms with van der Waals surface area (Å²) in [5.74, 6) is -0.226. The Labute approximate surface area is 131 Å². The van der Waals surface area contributed by atoms with Crippen molar-refractivity contribution < 1.29 is 19.4 Å². The molecule has 3 nitrogen and oxygen atoms in total. The molecule has 0 aromatic heterocycles. The molecule has 0 fully saturated rings. The van der Waals surface area contributed by atoms with Gasteiger partial charge in [-0.3, -0.25) is 4.79 Å². The lowest BCUT2D eigenvalue weighted by molar-refractivity contribution is -0.109. The summed E-state index contributed by atoms with van der Waals surface area (Å²) < 4.78 is 14.7. The van der Waals surface area contributed by atoms with Crippen LogP contribution in [0, 0.1) is 5.82 Å². The number of aliphatic hydroxyl groups is 2. The van der Waals surface area contributed by atoms with E-state index in [1.807, 2.05) is 0 Å². The van der Waals surface area contributed by atoms with Crippen molar-refractivity contribution in [3.8, 4) is 0 Å². The molecular weight excluding hydrogens is 403 g/mol. The molecule has 0 aliphatic rings. The molecule has 1 rings (SSSR count). The molecule has 2 N–H and O–H groups in total. The van der Waals surface area contributed by atoms with E-state index in [4.69, 9.17) is 0 Å². The molecule has 0 radical (unpaired) electrons. The van der Waals surface area contributed by atoms with Gasteiger partial charge in [0.25, 0.3) is 0 Å². The highest BCUT2D eigenvalue weighted by Crippen LogP contribution is 2.32. The number of benzene rings is 1. The summed E-state index contributed by atoms with van der Waals surface area (Å²) in [5, 5.41) is 19.7. The maximum Gasteiger partial charge on any atom is 0.185 e. The molecule has 0 aliphatic carbocycles. The zero-order valence-corrected chi connectivity index (χ0v) is 14.1. The molecule has 2 atom stereocenters. The first kappa shape index (κ1) is 17.1. The van der Waals surface area contributed by atoms with Gasteiger partial charge >= 0.3 is 0 Å². The Bertz CT molecular complexity index is 447. The Morgan fingerprint density at radius 2 is 2.05 bits per heavy atom. The van der Waals surface area contributed by atoms with E-state index in [1.54, 1.807) is 6.07 Å². The largest absolute Gasteiger partial charge is 0.390 e. The second-order valence-corrected chi connectivity index (χ2v) is 6.97. The Kier molecular flexibility index (Phi) is 6.96. The van der Waals surface area contributed by atoms with Crippen LogP contribution in [0.25, 0.3) is 0 Å². The normalized spacial score (nSPS) is 14.2. The summed E-state index contributed by atoms with van der Waals surface area (Å²) in [7, 11) is 0. The number of aliphatic hydroxyl groups excluding tert-OH is 2. The average molecular weight is 416 g/mol. The lowest BCUT2D eigenvalue weighted by atomic mass is 10.0. The van der Waals surface area contributed by atoms with Crippen LogP contribution in [0.3, 0.4) is 0 Å². The van der Waals surface area contributed by atoms with E-state index in [0.717, 1.165) is 11.8 Å². The van der Waals surface area contributed by atoms with E-state index in [-0.39, 0.29) is 17.1 Å². The fourth-order valence-electron chi connectivity index (χ4n) is 1.51. The molecule has 7 heteroatoms. The van der Waals surface area contributed by atoms with Crippen molar-refractivity contribution >= 4 is 48.7 Å². The predicted octanol–water partition coefficient (Wildman–Crippen LogP) is 3.41. The summed E-state index contributed by atoms with van der Waals surface area (Å²) in [6, 6.07) is 2.82. The van der Waals surface area contributed by atoms with Gasteiger partial charge in [-0.1, -0.05) is 43.6 Å². The van der Waals surface area contributed by atoms with E-state index in [9.17, 15) is 19.4 Å². The van der Waals surface area contributed by atoms with E-state index >= 15 is 0 Å². The summed E-state index contributed by atoms with van der Waals surface area (Å²) in [6.45, 7) is 1.43. The van der Waals surface area contributed by atoms with Gasteiger partial charge in [-0.2, -0.15) is 0 Å². The first-order chi connectivity index (χ1) is 8.82. The number of thioether (sulfide) groups is 1. The second-order valence-electron chi connectivity index (χ2n) is 3.92. The van der Waals surface area contributed by atoms with Crippen molar-refractivity contribution in [3.63, 3.8) is 0 Å². The topological polar surface area (TPSA) is 57.5 Å². The summed E-state index contributed by atoms with van der Waals surface area (Å²) >= 11 is 7.35. The molecule has 0 saturated heterocycles. The highest BCUT2D eigenvalue weighted by Gasteiger charge is 2.24. The number of hydrogen-bond donors (Lipinski definition) is 2. The van der Waals surface area contributed by atoms with Crippen LogP contribution in [0.1, 0.15) is 25.0 Å². The van der Waals surface area contributed by atoms with Crippen molar-refractivity contribution in [1.82, 2.24) is 0 Å². The summed E-state index contributed by atoms with van der Waals surface area (Å²) in [5.41, 5.74) is 0.0172. The zero-order valence-electron chi connectivity index (χ0n) is 10.1. The maximum absolute atomic E-state index is 13.8. The fraction of sp³-hybridized carbons (Fsp3) is 0.417. The van der Waals surface area contributed by atoms with Gasteiger partial charge in [0.1, 0.15) is 11.9 Å². The molecule has 0 amide bonds. The lowest BCUT2D eigenvalue weighted by Crippen LogP contribution is -2.20. The quantitative estimate of drug-likeness (QED) is 0.773. The van der Waals surface area contributed by atoms with Gasteiger partial charge in [0.2, 0.25) is 0 Å². The van der Waals surface area contributed by atoms with Gasteiger partial charge in [0.15, 0.2) is 5.12 Å². The fourth-order valence-corrected chi connectivity index (χ4v) is 3.56. The molecular formula is C12H13Br2FO3S. The second kappa shape index (κ2) is 7.73.